The molecule has 0 atom stereocenters. The quantitative estimate of drug-likeness (QED) is 0.559. The zero-order chi connectivity index (χ0) is 18.9. The van der Waals surface area contributed by atoms with Crippen LogP contribution in [-0.4, -0.2) is 32.1 Å². The Morgan fingerprint density at radius 3 is 2.50 bits per heavy atom. The first-order chi connectivity index (χ1) is 12.5. The van der Waals surface area contributed by atoms with Crippen LogP contribution in [0.4, 0.5) is 0 Å². The lowest BCUT2D eigenvalue weighted by Crippen LogP contribution is -2.36. The Kier molecular flexibility index (Phi) is 7.66. The van der Waals surface area contributed by atoms with Gasteiger partial charge in [0.1, 0.15) is 5.70 Å². The Labute approximate surface area is 161 Å². The van der Waals surface area contributed by atoms with Crippen LogP contribution in [0.25, 0.3) is 6.08 Å². The van der Waals surface area contributed by atoms with Gasteiger partial charge in [0.15, 0.2) is 0 Å². The molecule has 0 unspecified atom stereocenters. The summed E-state index contributed by atoms with van der Waals surface area (Å²) in [6.45, 7) is 0.681. The average molecular weight is 393 g/mol. The van der Waals surface area contributed by atoms with E-state index in [9.17, 15) is 9.59 Å². The van der Waals surface area contributed by atoms with Gasteiger partial charge in [0.05, 0.1) is 17.2 Å². The first-order valence-corrected chi connectivity index (χ1v) is 8.57. The number of hydrogen-bond acceptors (Lipinski definition) is 3. The number of rotatable bonds is 7. The SMILES string of the molecule is COCCNC(=O)/C(=C/c1ccccc1)NC(=O)c1ccc(Cl)cc1Cl. The van der Waals surface area contributed by atoms with Gasteiger partial charge < -0.3 is 15.4 Å². The van der Waals surface area contributed by atoms with Crippen LogP contribution < -0.4 is 10.6 Å². The van der Waals surface area contributed by atoms with Gasteiger partial charge in [0.2, 0.25) is 0 Å². The minimum Gasteiger partial charge on any atom is -0.383 e. The fourth-order valence-electron chi connectivity index (χ4n) is 2.10. The predicted octanol–water partition coefficient (Wildman–Crippen LogP) is 3.53. The molecule has 0 radical (unpaired) electrons. The molecule has 0 aliphatic heterocycles. The molecule has 0 spiro atoms. The van der Waals surface area contributed by atoms with E-state index in [0.717, 1.165) is 5.56 Å². The Morgan fingerprint density at radius 2 is 1.85 bits per heavy atom. The van der Waals surface area contributed by atoms with Crippen molar-refractivity contribution in [1.29, 1.82) is 0 Å². The van der Waals surface area contributed by atoms with Gasteiger partial charge in [0.25, 0.3) is 11.8 Å². The van der Waals surface area contributed by atoms with Gasteiger partial charge in [-0.3, -0.25) is 9.59 Å². The van der Waals surface area contributed by atoms with Crippen molar-refractivity contribution >= 4 is 41.1 Å². The summed E-state index contributed by atoms with van der Waals surface area (Å²) in [6.07, 6.45) is 1.59. The molecule has 7 heteroatoms. The fraction of sp³-hybridized carbons (Fsp3) is 0.158. The van der Waals surface area contributed by atoms with Gasteiger partial charge in [0, 0.05) is 18.7 Å². The van der Waals surface area contributed by atoms with Crippen LogP contribution in [0.1, 0.15) is 15.9 Å². The molecule has 2 N–H and O–H groups in total. The van der Waals surface area contributed by atoms with E-state index < -0.39 is 11.8 Å². The average Bonchev–Trinajstić information content (AvgIpc) is 2.62. The van der Waals surface area contributed by atoms with Gasteiger partial charge in [-0.05, 0) is 29.8 Å². The lowest BCUT2D eigenvalue weighted by atomic mass is 10.1. The second-order valence-electron chi connectivity index (χ2n) is 5.30. The van der Waals surface area contributed by atoms with E-state index in [0.29, 0.717) is 18.2 Å². The van der Waals surface area contributed by atoms with Crippen LogP contribution in [-0.2, 0) is 9.53 Å². The summed E-state index contributed by atoms with van der Waals surface area (Å²) in [7, 11) is 1.54. The standard InChI is InChI=1S/C19H18Cl2N2O3/c1-26-10-9-22-19(25)17(11-13-5-3-2-4-6-13)23-18(24)15-8-7-14(20)12-16(15)21/h2-8,11-12H,9-10H2,1H3,(H,22,25)(H,23,24)/b17-11-. The van der Waals surface area contributed by atoms with Crippen molar-refractivity contribution in [2.75, 3.05) is 20.3 Å². The second kappa shape index (κ2) is 9.97. The maximum Gasteiger partial charge on any atom is 0.267 e. The third-order valence-corrected chi connectivity index (χ3v) is 3.92. The van der Waals surface area contributed by atoms with E-state index in [-0.39, 0.29) is 16.3 Å². The van der Waals surface area contributed by atoms with Crippen LogP contribution in [0.5, 0.6) is 0 Å². The van der Waals surface area contributed by atoms with Crippen LogP contribution in [0.15, 0.2) is 54.2 Å². The fourth-order valence-corrected chi connectivity index (χ4v) is 2.59. The summed E-state index contributed by atoms with van der Waals surface area (Å²) in [5.74, 6) is -0.930. The largest absolute Gasteiger partial charge is 0.383 e. The molecular formula is C19H18Cl2N2O3. The Hall–Kier alpha value is -2.34. The lowest BCUT2D eigenvalue weighted by Gasteiger charge is -2.12. The predicted molar refractivity (Wildman–Crippen MR) is 103 cm³/mol. The topological polar surface area (TPSA) is 67.4 Å². The molecule has 0 aliphatic carbocycles. The van der Waals surface area contributed by atoms with Gasteiger partial charge >= 0.3 is 0 Å². The first kappa shape index (κ1) is 20.0. The number of halogens is 2. The molecule has 136 valence electrons. The summed E-state index contributed by atoms with van der Waals surface area (Å²) in [4.78, 5) is 25.0. The van der Waals surface area contributed by atoms with Gasteiger partial charge in [-0.2, -0.15) is 0 Å². The molecule has 2 aromatic carbocycles. The van der Waals surface area contributed by atoms with E-state index in [2.05, 4.69) is 10.6 Å². The summed E-state index contributed by atoms with van der Waals surface area (Å²) < 4.78 is 4.92. The van der Waals surface area contributed by atoms with E-state index in [1.165, 1.54) is 19.2 Å². The Morgan fingerprint density at radius 1 is 1.12 bits per heavy atom. The molecule has 0 aromatic heterocycles. The smallest absolute Gasteiger partial charge is 0.267 e. The first-order valence-electron chi connectivity index (χ1n) is 7.81. The van der Waals surface area contributed by atoms with E-state index >= 15 is 0 Å². The number of carbonyl (C=O) groups is 2. The van der Waals surface area contributed by atoms with Crippen molar-refractivity contribution in [3.63, 3.8) is 0 Å². The van der Waals surface area contributed by atoms with Gasteiger partial charge in [-0.1, -0.05) is 53.5 Å². The van der Waals surface area contributed by atoms with Crippen LogP contribution in [0, 0.1) is 0 Å². The summed E-state index contributed by atoms with van der Waals surface area (Å²) in [6, 6.07) is 13.7. The number of methoxy groups -OCH3 is 1. The van der Waals surface area contributed by atoms with E-state index in [1.807, 2.05) is 30.3 Å². The van der Waals surface area contributed by atoms with E-state index in [1.54, 1.807) is 12.1 Å². The second-order valence-corrected chi connectivity index (χ2v) is 6.14. The molecule has 2 rings (SSSR count). The third kappa shape index (κ3) is 5.88. The number of ether oxygens (including phenoxy) is 1. The maximum absolute atomic E-state index is 12.5. The Bertz CT molecular complexity index is 808. The van der Waals surface area contributed by atoms with Crippen LogP contribution >= 0.6 is 23.2 Å². The molecule has 0 aliphatic rings. The minimum absolute atomic E-state index is 0.100. The van der Waals surface area contributed by atoms with Crippen molar-refractivity contribution in [2.24, 2.45) is 0 Å². The normalized spacial score (nSPS) is 11.1. The Balaban J connectivity index is 2.24. The summed E-state index contributed by atoms with van der Waals surface area (Å²) in [5, 5.41) is 5.92. The highest BCUT2D eigenvalue weighted by molar-refractivity contribution is 6.36. The van der Waals surface area contributed by atoms with Crippen LogP contribution in [0.2, 0.25) is 10.0 Å². The number of carbonyl (C=O) groups excluding carboxylic acids is 2. The monoisotopic (exact) mass is 392 g/mol. The number of nitrogens with one attached hydrogen (secondary N) is 2. The van der Waals surface area contributed by atoms with E-state index in [4.69, 9.17) is 27.9 Å². The zero-order valence-electron chi connectivity index (χ0n) is 14.1. The highest BCUT2D eigenvalue weighted by atomic mass is 35.5. The van der Waals surface area contributed by atoms with Crippen molar-refractivity contribution in [2.45, 2.75) is 0 Å². The van der Waals surface area contributed by atoms with Crippen molar-refractivity contribution < 1.29 is 14.3 Å². The summed E-state index contributed by atoms with van der Waals surface area (Å²) >= 11 is 11.9. The number of amides is 2. The molecule has 0 fully saturated rings. The third-order valence-electron chi connectivity index (χ3n) is 3.37. The number of hydrogen-bond donors (Lipinski definition) is 2. The highest BCUT2D eigenvalue weighted by Gasteiger charge is 2.16. The van der Waals surface area contributed by atoms with Gasteiger partial charge in [-0.25, -0.2) is 0 Å². The molecule has 26 heavy (non-hydrogen) atoms. The molecule has 2 aromatic rings. The minimum atomic E-state index is -0.504. The molecular weight excluding hydrogens is 375 g/mol. The molecule has 0 saturated heterocycles. The van der Waals surface area contributed by atoms with Crippen LogP contribution in [0.3, 0.4) is 0 Å². The zero-order valence-corrected chi connectivity index (χ0v) is 15.6. The van der Waals surface area contributed by atoms with Crippen molar-refractivity contribution in [1.82, 2.24) is 10.6 Å². The molecule has 0 bridgehead atoms. The maximum atomic E-state index is 12.5. The highest BCUT2D eigenvalue weighted by Crippen LogP contribution is 2.21. The molecule has 0 heterocycles. The molecule has 0 saturated carbocycles. The molecule has 2 amide bonds. The van der Waals surface area contributed by atoms with Crippen molar-refractivity contribution in [3.05, 3.63) is 75.4 Å². The lowest BCUT2D eigenvalue weighted by molar-refractivity contribution is -0.117. The van der Waals surface area contributed by atoms with Gasteiger partial charge in [-0.15, -0.1) is 0 Å². The molecule has 5 nitrogen and oxygen atoms in total. The van der Waals surface area contributed by atoms with Crippen molar-refractivity contribution in [3.8, 4) is 0 Å². The summed E-state index contributed by atoms with van der Waals surface area (Å²) in [5.41, 5.74) is 1.09. The number of benzene rings is 2.